The second-order valence-corrected chi connectivity index (χ2v) is 11.0. The fourth-order valence-corrected chi connectivity index (χ4v) is 6.18. The van der Waals surface area contributed by atoms with Gasteiger partial charge in [-0.1, -0.05) is 12.1 Å². The minimum atomic E-state index is -1.36. The van der Waals surface area contributed by atoms with Crippen molar-refractivity contribution in [1.82, 2.24) is 25.0 Å². The van der Waals surface area contributed by atoms with Crippen molar-refractivity contribution in [3.8, 4) is 0 Å². The quantitative estimate of drug-likeness (QED) is 0.492. The van der Waals surface area contributed by atoms with Gasteiger partial charge in [-0.25, -0.2) is 28.1 Å². The van der Waals surface area contributed by atoms with Crippen LogP contribution in [0.15, 0.2) is 53.9 Å². The molecule has 4 amide bonds. The van der Waals surface area contributed by atoms with E-state index in [4.69, 9.17) is 9.47 Å². The van der Waals surface area contributed by atoms with Gasteiger partial charge in [0.1, 0.15) is 6.04 Å². The number of esters is 1. The van der Waals surface area contributed by atoms with Crippen LogP contribution in [0.1, 0.15) is 48.9 Å². The standard InChI is InChI=1S/C30H35F2N5O5/c1-35(21-15-36(16-21)20-10-7-18(8-11-20)24-6-4-5-13-33-24)30(40)37-27(19-9-12-22(31)23(32)14-19)26(28(38)42-3)25(17-41-2)34-29(37)39/h4-6,9,12-14,18,20-21,27H,7-8,10-11,15-17H2,1-3H3,(H,34,39)/t18?,20?,27-/m0/s1. The van der Waals surface area contributed by atoms with E-state index in [0.717, 1.165) is 55.5 Å². The first-order valence-electron chi connectivity index (χ1n) is 14.0. The molecule has 0 bridgehead atoms. The Hall–Kier alpha value is -3.90. The summed E-state index contributed by atoms with van der Waals surface area (Å²) in [5.74, 6) is -2.66. The molecule has 0 spiro atoms. The van der Waals surface area contributed by atoms with Crippen LogP contribution in [0.2, 0.25) is 0 Å². The summed E-state index contributed by atoms with van der Waals surface area (Å²) in [6.45, 7) is 1.11. The van der Waals surface area contributed by atoms with Gasteiger partial charge in [0.15, 0.2) is 11.6 Å². The van der Waals surface area contributed by atoms with Crippen LogP contribution in [-0.2, 0) is 14.3 Å². The molecule has 1 N–H and O–H groups in total. The molecule has 1 aliphatic carbocycles. The van der Waals surface area contributed by atoms with Crippen LogP contribution in [0, 0.1) is 11.6 Å². The first-order chi connectivity index (χ1) is 20.2. The number of benzene rings is 1. The van der Waals surface area contributed by atoms with Crippen LogP contribution in [0.4, 0.5) is 18.4 Å². The highest BCUT2D eigenvalue weighted by Gasteiger charge is 2.46. The van der Waals surface area contributed by atoms with Crippen LogP contribution in [-0.4, -0.2) is 90.8 Å². The van der Waals surface area contributed by atoms with Gasteiger partial charge in [-0.05, 0) is 55.5 Å². The lowest BCUT2D eigenvalue weighted by Crippen LogP contribution is -2.65. The number of likely N-dealkylation sites (tertiary alicyclic amines) is 1. The Kier molecular flexibility index (Phi) is 8.83. The van der Waals surface area contributed by atoms with Crippen molar-refractivity contribution in [3.05, 3.63) is 76.8 Å². The molecule has 10 nitrogen and oxygen atoms in total. The van der Waals surface area contributed by atoms with E-state index in [1.54, 1.807) is 7.05 Å². The van der Waals surface area contributed by atoms with E-state index in [1.807, 2.05) is 18.3 Å². The van der Waals surface area contributed by atoms with Gasteiger partial charge in [0.25, 0.3) is 0 Å². The van der Waals surface area contributed by atoms with E-state index in [9.17, 15) is 23.2 Å². The summed E-state index contributed by atoms with van der Waals surface area (Å²) in [7, 11) is 4.13. The van der Waals surface area contributed by atoms with E-state index in [1.165, 1.54) is 18.1 Å². The number of carbonyl (C=O) groups is 3. The lowest BCUT2D eigenvalue weighted by molar-refractivity contribution is -0.137. The summed E-state index contributed by atoms with van der Waals surface area (Å²) in [5, 5.41) is 2.56. The molecule has 2 fully saturated rings. The number of likely N-dealkylation sites (N-methyl/N-ethyl adjacent to an activating group) is 1. The Bertz CT molecular complexity index is 1360. The van der Waals surface area contributed by atoms with Gasteiger partial charge in [-0.3, -0.25) is 9.88 Å². The molecule has 5 rings (SSSR count). The first kappa shape index (κ1) is 29.6. The smallest absolute Gasteiger partial charge is 0.338 e. The van der Waals surface area contributed by atoms with Crippen LogP contribution < -0.4 is 5.32 Å². The zero-order valence-electron chi connectivity index (χ0n) is 23.9. The number of hydrogen-bond donors (Lipinski definition) is 1. The van der Waals surface area contributed by atoms with E-state index in [0.29, 0.717) is 25.0 Å². The normalized spacial score (nSPS) is 23.3. The lowest BCUT2D eigenvalue weighted by Gasteiger charge is -2.50. The molecular weight excluding hydrogens is 548 g/mol. The molecule has 3 aliphatic rings. The van der Waals surface area contributed by atoms with E-state index >= 15 is 0 Å². The van der Waals surface area contributed by atoms with Crippen LogP contribution in [0.3, 0.4) is 0 Å². The first-order valence-corrected chi connectivity index (χ1v) is 14.0. The Morgan fingerprint density at radius 2 is 1.81 bits per heavy atom. The summed E-state index contributed by atoms with van der Waals surface area (Å²) in [5.41, 5.74) is 1.14. The van der Waals surface area contributed by atoms with Crippen molar-refractivity contribution >= 4 is 18.0 Å². The second-order valence-electron chi connectivity index (χ2n) is 11.0. The number of nitrogens with one attached hydrogen (secondary N) is 1. The van der Waals surface area contributed by atoms with Gasteiger partial charge < -0.3 is 19.7 Å². The number of aromatic nitrogens is 1. The number of pyridine rings is 1. The monoisotopic (exact) mass is 583 g/mol. The molecule has 0 radical (unpaired) electrons. The van der Waals surface area contributed by atoms with Gasteiger partial charge in [0.05, 0.1) is 31.0 Å². The number of rotatable bonds is 7. The van der Waals surface area contributed by atoms with Crippen molar-refractivity contribution in [3.63, 3.8) is 0 Å². The average Bonchev–Trinajstić information content (AvgIpc) is 2.97. The van der Waals surface area contributed by atoms with E-state index in [2.05, 4.69) is 21.3 Å². The van der Waals surface area contributed by atoms with Crippen LogP contribution in [0.25, 0.3) is 0 Å². The number of urea groups is 2. The summed E-state index contributed by atoms with van der Waals surface area (Å²) in [6.07, 6.45) is 6.00. The Labute approximate surface area is 243 Å². The van der Waals surface area contributed by atoms with Gasteiger partial charge in [-0.2, -0.15) is 0 Å². The number of carbonyl (C=O) groups excluding carboxylic acids is 3. The predicted molar refractivity (Wildman–Crippen MR) is 148 cm³/mol. The zero-order valence-corrected chi connectivity index (χ0v) is 23.9. The minimum Gasteiger partial charge on any atom is -0.466 e. The summed E-state index contributed by atoms with van der Waals surface area (Å²) >= 11 is 0. The maximum absolute atomic E-state index is 14.4. The fraction of sp³-hybridized carbons (Fsp3) is 0.467. The zero-order chi connectivity index (χ0) is 30.0. The Morgan fingerprint density at radius 1 is 1.07 bits per heavy atom. The van der Waals surface area contributed by atoms with E-state index in [-0.39, 0.29) is 29.5 Å². The maximum atomic E-state index is 14.4. The molecule has 2 aliphatic heterocycles. The third kappa shape index (κ3) is 5.73. The number of amides is 4. The molecule has 42 heavy (non-hydrogen) atoms. The number of halogens is 2. The van der Waals surface area contributed by atoms with Crippen LogP contribution >= 0.6 is 0 Å². The number of ether oxygens (including phenoxy) is 2. The highest BCUT2D eigenvalue weighted by atomic mass is 19.2. The maximum Gasteiger partial charge on any atom is 0.338 e. The molecule has 224 valence electrons. The van der Waals surface area contributed by atoms with Gasteiger partial charge in [0, 0.05) is 51.1 Å². The third-order valence-corrected chi connectivity index (χ3v) is 8.55. The Morgan fingerprint density at radius 3 is 2.43 bits per heavy atom. The number of methoxy groups -OCH3 is 2. The fourth-order valence-electron chi connectivity index (χ4n) is 6.18. The van der Waals surface area contributed by atoms with Gasteiger partial charge >= 0.3 is 18.0 Å². The SMILES string of the molecule is COCC1=C(C(=O)OC)[C@H](c2ccc(F)c(F)c2)N(C(=O)N(C)C2CN(C3CCC(c4ccccn4)CC3)C2)C(=O)N1. The second kappa shape index (κ2) is 12.5. The third-order valence-electron chi connectivity index (χ3n) is 8.55. The summed E-state index contributed by atoms with van der Waals surface area (Å²) in [4.78, 5) is 49.4. The van der Waals surface area contributed by atoms with Crippen molar-refractivity contribution in [2.45, 2.75) is 49.7 Å². The van der Waals surface area contributed by atoms with Crippen molar-refractivity contribution in [2.24, 2.45) is 0 Å². The summed E-state index contributed by atoms with van der Waals surface area (Å²) in [6, 6.07) is 6.40. The lowest BCUT2D eigenvalue weighted by atomic mass is 9.82. The minimum absolute atomic E-state index is 0.0411. The Balaban J connectivity index is 1.32. The van der Waals surface area contributed by atoms with Crippen molar-refractivity contribution in [2.75, 3.05) is 41.0 Å². The number of hydrogen-bond acceptors (Lipinski definition) is 7. The molecule has 2 aromatic rings. The molecule has 0 unspecified atom stereocenters. The van der Waals surface area contributed by atoms with Crippen molar-refractivity contribution in [1.29, 1.82) is 0 Å². The topological polar surface area (TPSA) is 104 Å². The number of nitrogens with zero attached hydrogens (tertiary/aromatic N) is 4. The molecule has 1 aromatic heterocycles. The highest BCUT2D eigenvalue weighted by Crippen LogP contribution is 2.38. The average molecular weight is 584 g/mol. The molecule has 1 saturated carbocycles. The van der Waals surface area contributed by atoms with Gasteiger partial charge in [0.2, 0.25) is 0 Å². The molecular formula is C30H35F2N5O5. The molecule has 1 saturated heterocycles. The highest BCUT2D eigenvalue weighted by molar-refractivity contribution is 6.01. The number of imide groups is 1. The molecule has 12 heteroatoms. The molecule has 3 heterocycles. The molecule has 1 atom stereocenters. The molecule has 1 aromatic carbocycles. The van der Waals surface area contributed by atoms with Gasteiger partial charge in [-0.15, -0.1) is 0 Å². The largest absolute Gasteiger partial charge is 0.466 e. The van der Waals surface area contributed by atoms with Crippen LogP contribution in [0.5, 0.6) is 0 Å². The predicted octanol–water partition coefficient (Wildman–Crippen LogP) is 3.96. The van der Waals surface area contributed by atoms with Crippen molar-refractivity contribution < 1.29 is 32.6 Å². The van der Waals surface area contributed by atoms with E-state index < -0.39 is 35.7 Å². The summed E-state index contributed by atoms with van der Waals surface area (Å²) < 4.78 is 38.3.